The maximum absolute atomic E-state index is 11.2. The minimum absolute atomic E-state index is 0.545. The summed E-state index contributed by atoms with van der Waals surface area (Å²) in [5, 5.41) is 20.3. The van der Waals surface area contributed by atoms with E-state index in [4.69, 9.17) is 0 Å². The van der Waals surface area contributed by atoms with Crippen molar-refractivity contribution in [2.45, 2.75) is 18.9 Å². The molecule has 1 unspecified atom stereocenters. The number of carboxylic acid groups (broad SMARTS) is 1. The van der Waals surface area contributed by atoms with Gasteiger partial charge < -0.3 is 15.2 Å². The summed E-state index contributed by atoms with van der Waals surface area (Å²) in [5.74, 6) is -0.907. The van der Waals surface area contributed by atoms with Gasteiger partial charge in [0, 0.05) is 22.7 Å². The highest BCUT2D eigenvalue weighted by Gasteiger charge is 2.56. The van der Waals surface area contributed by atoms with Gasteiger partial charge in [0.15, 0.2) is 0 Å². The topological polar surface area (TPSA) is 73.3 Å². The quantitative estimate of drug-likeness (QED) is 0.757. The first-order chi connectivity index (χ1) is 8.15. The number of aliphatic hydroxyl groups is 1. The number of aliphatic hydroxyl groups excluding tert-OH is 1. The van der Waals surface area contributed by atoms with E-state index < -0.39 is 17.5 Å². The Morgan fingerprint density at radius 3 is 2.71 bits per heavy atom. The van der Waals surface area contributed by atoms with Gasteiger partial charge in [-0.3, -0.25) is 4.79 Å². The maximum atomic E-state index is 11.2. The molecule has 0 spiro atoms. The number of carboxylic acids is 1. The van der Waals surface area contributed by atoms with E-state index in [-0.39, 0.29) is 0 Å². The zero-order valence-corrected chi connectivity index (χ0v) is 9.18. The number of rotatable bonds is 3. The van der Waals surface area contributed by atoms with Crippen LogP contribution in [-0.2, 0) is 4.79 Å². The summed E-state index contributed by atoms with van der Waals surface area (Å²) in [6.07, 6.45) is 1.86. The van der Waals surface area contributed by atoms with Crippen LogP contribution in [-0.4, -0.2) is 21.2 Å². The van der Waals surface area contributed by atoms with Crippen LogP contribution < -0.4 is 0 Å². The molecule has 1 atom stereocenters. The summed E-state index contributed by atoms with van der Waals surface area (Å²) >= 11 is 0. The molecular formula is C13H13NO3. The number of H-pyrrole nitrogens is 1. The van der Waals surface area contributed by atoms with E-state index in [1.807, 2.05) is 24.3 Å². The standard InChI is InChI=1S/C13H13NO3/c15-11(13(5-6-13)12(16)17)9-7-14-10-4-2-1-3-8(9)10/h1-4,7,11,14-15H,5-6H2,(H,16,17). The SMILES string of the molecule is O=C(O)C1(C(O)c2c[nH]c3ccccc23)CC1. The van der Waals surface area contributed by atoms with Gasteiger partial charge in [-0.2, -0.15) is 0 Å². The highest BCUT2D eigenvalue weighted by Crippen LogP contribution is 2.55. The second kappa shape index (κ2) is 3.34. The van der Waals surface area contributed by atoms with Gasteiger partial charge in [-0.1, -0.05) is 18.2 Å². The Morgan fingerprint density at radius 2 is 2.06 bits per heavy atom. The molecule has 1 heterocycles. The molecule has 3 rings (SSSR count). The lowest BCUT2D eigenvalue weighted by Gasteiger charge is -2.17. The number of para-hydroxylation sites is 1. The van der Waals surface area contributed by atoms with E-state index in [2.05, 4.69) is 4.98 Å². The fourth-order valence-corrected chi connectivity index (χ4v) is 2.36. The number of nitrogens with one attached hydrogen (secondary N) is 1. The lowest BCUT2D eigenvalue weighted by atomic mass is 9.93. The van der Waals surface area contributed by atoms with Crippen molar-refractivity contribution in [3.8, 4) is 0 Å². The Balaban J connectivity index is 2.07. The number of fused-ring (bicyclic) bond motifs is 1. The van der Waals surface area contributed by atoms with E-state index in [1.165, 1.54) is 0 Å². The Labute approximate surface area is 97.9 Å². The molecule has 0 saturated heterocycles. The van der Waals surface area contributed by atoms with E-state index in [1.54, 1.807) is 6.20 Å². The molecule has 2 aromatic rings. The molecule has 0 amide bonds. The molecule has 88 valence electrons. The molecule has 4 heteroatoms. The van der Waals surface area contributed by atoms with Crippen molar-refractivity contribution in [3.63, 3.8) is 0 Å². The molecule has 0 radical (unpaired) electrons. The van der Waals surface area contributed by atoms with E-state index >= 15 is 0 Å². The molecule has 3 N–H and O–H groups in total. The van der Waals surface area contributed by atoms with Crippen LogP contribution in [0.1, 0.15) is 24.5 Å². The molecule has 1 aliphatic carbocycles. The van der Waals surface area contributed by atoms with Gasteiger partial charge in [-0.25, -0.2) is 0 Å². The number of hydrogen-bond acceptors (Lipinski definition) is 2. The number of aromatic amines is 1. The summed E-state index contributed by atoms with van der Waals surface area (Å²) in [5.41, 5.74) is 0.633. The third kappa shape index (κ3) is 1.37. The predicted molar refractivity (Wildman–Crippen MR) is 62.6 cm³/mol. The third-order valence-electron chi connectivity index (χ3n) is 3.65. The van der Waals surface area contributed by atoms with Gasteiger partial charge in [0.25, 0.3) is 0 Å². The van der Waals surface area contributed by atoms with Crippen molar-refractivity contribution in [3.05, 3.63) is 36.0 Å². The third-order valence-corrected chi connectivity index (χ3v) is 3.65. The van der Waals surface area contributed by atoms with Gasteiger partial charge in [0.1, 0.15) is 0 Å². The average molecular weight is 231 g/mol. The smallest absolute Gasteiger partial charge is 0.312 e. The van der Waals surface area contributed by atoms with Crippen LogP contribution in [0.25, 0.3) is 10.9 Å². The summed E-state index contributed by atoms with van der Waals surface area (Å²) in [6, 6.07) is 7.58. The first kappa shape index (κ1) is 10.4. The van der Waals surface area contributed by atoms with Crippen molar-refractivity contribution in [2.75, 3.05) is 0 Å². The predicted octanol–water partition coefficient (Wildman–Crippen LogP) is 2.07. The van der Waals surface area contributed by atoms with Crippen molar-refractivity contribution in [2.24, 2.45) is 5.41 Å². The number of hydrogen-bond donors (Lipinski definition) is 3. The average Bonchev–Trinajstić information content (AvgIpc) is 3.03. The van der Waals surface area contributed by atoms with Gasteiger partial charge in [-0.15, -0.1) is 0 Å². The number of aliphatic carboxylic acids is 1. The van der Waals surface area contributed by atoms with Gasteiger partial charge in [0.05, 0.1) is 11.5 Å². The first-order valence-corrected chi connectivity index (χ1v) is 5.63. The Morgan fingerprint density at radius 1 is 1.35 bits per heavy atom. The molecule has 0 aliphatic heterocycles. The number of carbonyl (C=O) groups is 1. The van der Waals surface area contributed by atoms with E-state index in [0.29, 0.717) is 18.4 Å². The molecule has 1 aromatic heterocycles. The van der Waals surface area contributed by atoms with Crippen LogP contribution >= 0.6 is 0 Å². The highest BCUT2D eigenvalue weighted by molar-refractivity contribution is 5.86. The molecule has 1 fully saturated rings. The van der Waals surface area contributed by atoms with E-state index in [9.17, 15) is 15.0 Å². The molecule has 1 saturated carbocycles. The summed E-state index contributed by atoms with van der Waals surface area (Å²) in [6.45, 7) is 0. The van der Waals surface area contributed by atoms with Crippen LogP contribution in [0.3, 0.4) is 0 Å². The highest BCUT2D eigenvalue weighted by atomic mass is 16.4. The summed E-state index contributed by atoms with van der Waals surface area (Å²) in [7, 11) is 0. The van der Waals surface area contributed by atoms with Crippen LogP contribution in [0.5, 0.6) is 0 Å². The molecule has 4 nitrogen and oxygen atoms in total. The van der Waals surface area contributed by atoms with Crippen LogP contribution in [0.15, 0.2) is 30.5 Å². The minimum Gasteiger partial charge on any atom is -0.481 e. The van der Waals surface area contributed by atoms with Gasteiger partial charge >= 0.3 is 5.97 Å². The van der Waals surface area contributed by atoms with Crippen LogP contribution in [0, 0.1) is 5.41 Å². The van der Waals surface area contributed by atoms with E-state index in [0.717, 1.165) is 10.9 Å². The van der Waals surface area contributed by atoms with Crippen molar-refractivity contribution in [1.82, 2.24) is 4.98 Å². The molecule has 0 bridgehead atoms. The lowest BCUT2D eigenvalue weighted by Crippen LogP contribution is -2.23. The van der Waals surface area contributed by atoms with Gasteiger partial charge in [0.2, 0.25) is 0 Å². The second-order valence-corrected chi connectivity index (χ2v) is 4.65. The molecule has 17 heavy (non-hydrogen) atoms. The monoisotopic (exact) mass is 231 g/mol. The number of aromatic nitrogens is 1. The Bertz CT molecular complexity index is 583. The van der Waals surface area contributed by atoms with Crippen molar-refractivity contribution in [1.29, 1.82) is 0 Å². The van der Waals surface area contributed by atoms with Gasteiger partial charge in [-0.05, 0) is 18.9 Å². The Kier molecular flexibility index (Phi) is 2.03. The first-order valence-electron chi connectivity index (χ1n) is 5.63. The maximum Gasteiger partial charge on any atom is 0.312 e. The van der Waals surface area contributed by atoms with Crippen molar-refractivity contribution >= 4 is 16.9 Å². The molecule has 1 aliphatic rings. The second-order valence-electron chi connectivity index (χ2n) is 4.65. The largest absolute Gasteiger partial charge is 0.481 e. The number of benzene rings is 1. The van der Waals surface area contributed by atoms with Crippen LogP contribution in [0.2, 0.25) is 0 Å². The fourth-order valence-electron chi connectivity index (χ4n) is 2.36. The summed E-state index contributed by atoms with van der Waals surface area (Å²) in [4.78, 5) is 14.2. The zero-order valence-electron chi connectivity index (χ0n) is 9.18. The molecule has 1 aromatic carbocycles. The van der Waals surface area contributed by atoms with Crippen molar-refractivity contribution < 1.29 is 15.0 Å². The summed E-state index contributed by atoms with van der Waals surface area (Å²) < 4.78 is 0. The molecular weight excluding hydrogens is 218 g/mol. The fraction of sp³-hybridized carbons (Fsp3) is 0.308. The zero-order chi connectivity index (χ0) is 12.0. The normalized spacial score (nSPS) is 19.1. The Hall–Kier alpha value is -1.81. The van der Waals surface area contributed by atoms with Crippen LogP contribution in [0.4, 0.5) is 0 Å². The lowest BCUT2D eigenvalue weighted by molar-refractivity contribution is -0.148. The minimum atomic E-state index is -0.967.